The molecule has 2 saturated heterocycles. The van der Waals surface area contributed by atoms with E-state index in [0.29, 0.717) is 31.9 Å². The Kier molecular flexibility index (Phi) is 4.92. The van der Waals surface area contributed by atoms with E-state index in [9.17, 15) is 14.4 Å². The third-order valence-corrected chi connectivity index (χ3v) is 6.58. The molecule has 5 rings (SSSR count). The first kappa shape index (κ1) is 19.7. The van der Waals surface area contributed by atoms with Crippen molar-refractivity contribution in [3.8, 4) is 5.75 Å². The first-order chi connectivity index (χ1) is 15.0. The molecule has 3 aliphatic rings. The third-order valence-electron chi connectivity index (χ3n) is 6.58. The van der Waals surface area contributed by atoms with Crippen molar-refractivity contribution in [3.05, 3.63) is 58.5 Å². The molecule has 3 atom stereocenters. The van der Waals surface area contributed by atoms with Gasteiger partial charge in [0, 0.05) is 62.0 Å². The van der Waals surface area contributed by atoms with Gasteiger partial charge in [0.1, 0.15) is 5.75 Å². The van der Waals surface area contributed by atoms with Gasteiger partial charge in [-0.25, -0.2) is 4.79 Å². The maximum Gasteiger partial charge on any atom is 0.317 e. The van der Waals surface area contributed by atoms with Gasteiger partial charge >= 0.3 is 6.03 Å². The van der Waals surface area contributed by atoms with Gasteiger partial charge in [0.2, 0.25) is 5.91 Å². The molecule has 1 N–H and O–H groups in total. The molecule has 162 valence electrons. The number of carbonyl (C=O) groups is 2. The van der Waals surface area contributed by atoms with E-state index in [4.69, 9.17) is 4.74 Å². The molecule has 0 spiro atoms. The number of amides is 3. The van der Waals surface area contributed by atoms with Crippen LogP contribution >= 0.6 is 0 Å². The van der Waals surface area contributed by atoms with E-state index in [1.807, 2.05) is 39.8 Å². The highest BCUT2D eigenvalue weighted by atomic mass is 16.5. The van der Waals surface area contributed by atoms with Crippen LogP contribution in [0, 0.1) is 5.92 Å². The quantitative estimate of drug-likeness (QED) is 0.818. The SMILES string of the molecule is COc1cccc(N2CC(NC(=O)N3CC4CC(C3)c3cccc(=O)n3C4)CC2=O)c1. The Labute approximate surface area is 180 Å². The Balaban J connectivity index is 1.25. The Morgan fingerprint density at radius 2 is 1.90 bits per heavy atom. The number of benzene rings is 1. The summed E-state index contributed by atoms with van der Waals surface area (Å²) in [4.78, 5) is 41.3. The lowest BCUT2D eigenvalue weighted by molar-refractivity contribution is -0.117. The van der Waals surface area contributed by atoms with Crippen LogP contribution in [0.2, 0.25) is 0 Å². The average molecular weight is 422 g/mol. The first-order valence-corrected chi connectivity index (χ1v) is 10.7. The van der Waals surface area contributed by atoms with Crippen molar-refractivity contribution in [1.82, 2.24) is 14.8 Å². The Morgan fingerprint density at radius 1 is 1.06 bits per heavy atom. The van der Waals surface area contributed by atoms with Crippen LogP contribution in [0.4, 0.5) is 10.5 Å². The van der Waals surface area contributed by atoms with E-state index >= 15 is 0 Å². The first-order valence-electron chi connectivity index (χ1n) is 10.7. The number of nitrogens with zero attached hydrogens (tertiary/aromatic N) is 3. The second kappa shape index (κ2) is 7.76. The zero-order valence-corrected chi connectivity index (χ0v) is 17.5. The predicted octanol–water partition coefficient (Wildman–Crippen LogP) is 1.79. The minimum atomic E-state index is -0.233. The lowest BCUT2D eigenvalue weighted by Crippen LogP contribution is -2.53. The minimum absolute atomic E-state index is 0.0117. The number of piperidine rings is 1. The molecule has 3 unspecified atom stereocenters. The van der Waals surface area contributed by atoms with Crippen LogP contribution in [-0.2, 0) is 11.3 Å². The van der Waals surface area contributed by atoms with Crippen molar-refractivity contribution in [2.24, 2.45) is 5.92 Å². The second-order valence-corrected chi connectivity index (χ2v) is 8.66. The van der Waals surface area contributed by atoms with E-state index in [0.717, 1.165) is 17.8 Å². The monoisotopic (exact) mass is 422 g/mol. The molecular formula is C23H26N4O4. The predicted molar refractivity (Wildman–Crippen MR) is 115 cm³/mol. The van der Waals surface area contributed by atoms with Gasteiger partial charge in [-0.2, -0.15) is 0 Å². The maximum absolute atomic E-state index is 13.0. The Hall–Kier alpha value is -3.29. The molecule has 8 heteroatoms. The molecule has 3 amide bonds. The van der Waals surface area contributed by atoms with E-state index < -0.39 is 0 Å². The summed E-state index contributed by atoms with van der Waals surface area (Å²) < 4.78 is 7.11. The average Bonchev–Trinajstić information content (AvgIpc) is 3.14. The van der Waals surface area contributed by atoms with E-state index in [1.165, 1.54) is 0 Å². The number of hydrogen-bond donors (Lipinski definition) is 1. The molecule has 2 fully saturated rings. The van der Waals surface area contributed by atoms with Gasteiger partial charge in [0.25, 0.3) is 5.56 Å². The van der Waals surface area contributed by atoms with Crippen molar-refractivity contribution >= 4 is 17.6 Å². The minimum Gasteiger partial charge on any atom is -0.497 e. The summed E-state index contributed by atoms with van der Waals surface area (Å²) >= 11 is 0. The van der Waals surface area contributed by atoms with Crippen molar-refractivity contribution in [2.45, 2.75) is 31.3 Å². The smallest absolute Gasteiger partial charge is 0.317 e. The molecule has 0 saturated carbocycles. The molecule has 0 aliphatic carbocycles. The fraction of sp³-hybridized carbons (Fsp3) is 0.435. The van der Waals surface area contributed by atoms with Crippen LogP contribution in [0.15, 0.2) is 47.3 Å². The van der Waals surface area contributed by atoms with Crippen molar-refractivity contribution in [1.29, 1.82) is 0 Å². The molecule has 2 aromatic rings. The van der Waals surface area contributed by atoms with Gasteiger partial charge in [-0.3, -0.25) is 9.59 Å². The summed E-state index contributed by atoms with van der Waals surface area (Å²) in [6.07, 6.45) is 1.28. The van der Waals surface area contributed by atoms with Crippen LogP contribution in [-0.4, -0.2) is 54.2 Å². The molecule has 1 aromatic heterocycles. The molecule has 31 heavy (non-hydrogen) atoms. The molecule has 2 bridgehead atoms. The highest BCUT2D eigenvalue weighted by Gasteiger charge is 2.38. The Bertz CT molecular complexity index is 1080. The lowest BCUT2D eigenvalue weighted by atomic mass is 9.83. The number of urea groups is 1. The number of rotatable bonds is 3. The number of hydrogen-bond acceptors (Lipinski definition) is 4. The van der Waals surface area contributed by atoms with Gasteiger partial charge in [-0.15, -0.1) is 0 Å². The standard InChI is InChI=1S/C23H26N4O4/c1-31-19-5-2-4-18(10-19)26-14-17(9-22(26)29)24-23(30)25-11-15-8-16(13-25)20-6-3-7-21(28)27(20)12-15/h2-7,10,15-17H,8-9,11-14H2,1H3,(H,24,30). The Morgan fingerprint density at radius 3 is 2.74 bits per heavy atom. The summed E-state index contributed by atoms with van der Waals surface area (Å²) in [5.41, 5.74) is 1.82. The summed E-state index contributed by atoms with van der Waals surface area (Å²) in [5, 5.41) is 3.06. The fourth-order valence-electron chi connectivity index (χ4n) is 5.16. The number of nitrogens with one attached hydrogen (secondary N) is 1. The van der Waals surface area contributed by atoms with E-state index in [2.05, 4.69) is 5.32 Å². The fourth-order valence-corrected chi connectivity index (χ4v) is 5.16. The largest absolute Gasteiger partial charge is 0.497 e. The van der Waals surface area contributed by atoms with Gasteiger partial charge < -0.3 is 24.4 Å². The van der Waals surface area contributed by atoms with Crippen molar-refractivity contribution in [2.75, 3.05) is 31.6 Å². The number of ether oxygens (including phenoxy) is 1. The number of aromatic nitrogens is 1. The molecule has 0 radical (unpaired) electrons. The molecule has 8 nitrogen and oxygen atoms in total. The molecule has 4 heterocycles. The van der Waals surface area contributed by atoms with Crippen molar-refractivity contribution < 1.29 is 14.3 Å². The number of carbonyl (C=O) groups excluding carboxylic acids is 2. The number of fused-ring (bicyclic) bond motifs is 4. The molecule has 3 aliphatic heterocycles. The summed E-state index contributed by atoms with van der Waals surface area (Å²) in [5.74, 6) is 1.13. The molecule has 1 aromatic carbocycles. The lowest BCUT2D eigenvalue weighted by Gasteiger charge is -2.42. The topological polar surface area (TPSA) is 83.9 Å². The summed E-state index contributed by atoms with van der Waals surface area (Å²) in [6.45, 7) is 2.31. The number of anilines is 1. The van der Waals surface area contributed by atoms with Crippen LogP contribution in [0.25, 0.3) is 0 Å². The highest BCUT2D eigenvalue weighted by Crippen LogP contribution is 2.35. The van der Waals surface area contributed by atoms with Crippen LogP contribution < -0.4 is 20.5 Å². The van der Waals surface area contributed by atoms with Gasteiger partial charge in [-0.05, 0) is 30.5 Å². The van der Waals surface area contributed by atoms with Gasteiger partial charge in [0.15, 0.2) is 0 Å². The van der Waals surface area contributed by atoms with Crippen LogP contribution in [0.3, 0.4) is 0 Å². The normalized spacial score (nSPS) is 24.7. The zero-order valence-electron chi connectivity index (χ0n) is 17.5. The second-order valence-electron chi connectivity index (χ2n) is 8.66. The van der Waals surface area contributed by atoms with Crippen molar-refractivity contribution in [3.63, 3.8) is 0 Å². The van der Waals surface area contributed by atoms with Gasteiger partial charge in [0.05, 0.1) is 13.2 Å². The summed E-state index contributed by atoms with van der Waals surface area (Å²) in [6, 6.07) is 12.4. The zero-order chi connectivity index (χ0) is 21.5. The van der Waals surface area contributed by atoms with Crippen LogP contribution in [0.1, 0.15) is 24.5 Å². The number of likely N-dealkylation sites (tertiary alicyclic amines) is 1. The third kappa shape index (κ3) is 3.66. The molecular weight excluding hydrogens is 396 g/mol. The summed E-state index contributed by atoms with van der Waals surface area (Å²) in [7, 11) is 1.59. The van der Waals surface area contributed by atoms with Crippen LogP contribution in [0.5, 0.6) is 5.75 Å². The highest BCUT2D eigenvalue weighted by molar-refractivity contribution is 5.97. The van der Waals surface area contributed by atoms with Gasteiger partial charge in [-0.1, -0.05) is 12.1 Å². The maximum atomic E-state index is 13.0. The van der Waals surface area contributed by atoms with E-state index in [1.54, 1.807) is 24.1 Å². The number of pyridine rings is 1. The number of methoxy groups -OCH3 is 1. The van der Waals surface area contributed by atoms with E-state index in [-0.39, 0.29) is 41.8 Å².